The Morgan fingerprint density at radius 3 is 2.78 bits per heavy atom. The minimum atomic E-state index is -0.0389. The molecule has 0 aromatic carbocycles. The van der Waals surface area contributed by atoms with Crippen molar-refractivity contribution >= 4 is 0 Å². The van der Waals surface area contributed by atoms with E-state index in [9.17, 15) is 5.11 Å². The molecule has 1 rings (SSSR count). The van der Waals surface area contributed by atoms with Gasteiger partial charge < -0.3 is 5.11 Å². The highest BCUT2D eigenvalue weighted by molar-refractivity contribution is 4.82. The minimum absolute atomic E-state index is 0.0389. The number of hydrogen-bond donors (Lipinski definition) is 1. The lowest BCUT2D eigenvalue weighted by molar-refractivity contribution is 0.134. The summed E-state index contributed by atoms with van der Waals surface area (Å²) in [4.78, 5) is 0. The lowest BCUT2D eigenvalue weighted by Gasteiger charge is -2.09. The molecule has 1 saturated carbocycles. The summed E-state index contributed by atoms with van der Waals surface area (Å²) in [6.07, 6.45) is 6.23. The van der Waals surface area contributed by atoms with Gasteiger partial charge in [0.15, 0.2) is 0 Å². The maximum absolute atomic E-state index is 9.27. The topological polar surface area (TPSA) is 20.2 Å². The fraction of sp³-hybridized carbons (Fsp3) is 0.750. The summed E-state index contributed by atoms with van der Waals surface area (Å²) in [7, 11) is 0. The molecule has 1 aliphatic rings. The van der Waals surface area contributed by atoms with Crippen LogP contribution in [0.1, 0.15) is 25.7 Å². The second kappa shape index (κ2) is 3.02. The number of hydrogen-bond acceptors (Lipinski definition) is 1. The van der Waals surface area contributed by atoms with E-state index in [4.69, 9.17) is 0 Å². The summed E-state index contributed by atoms with van der Waals surface area (Å²) >= 11 is 0. The molecule has 0 aliphatic heterocycles. The standard InChI is InChI=1S/C8H14O/c1-2-4-7-5-3-6-8(7)9/h2,7-9H,1,3-6H2/t7-,8+/m1/s1. The molecule has 0 bridgehead atoms. The van der Waals surface area contributed by atoms with Gasteiger partial charge in [-0.25, -0.2) is 0 Å². The summed E-state index contributed by atoms with van der Waals surface area (Å²) in [5, 5.41) is 9.27. The maximum Gasteiger partial charge on any atom is 0.0571 e. The van der Waals surface area contributed by atoms with E-state index in [2.05, 4.69) is 6.58 Å². The molecule has 1 N–H and O–H groups in total. The number of aliphatic hydroxyl groups is 1. The molecule has 0 heterocycles. The largest absolute Gasteiger partial charge is 0.393 e. The molecule has 1 aliphatic carbocycles. The van der Waals surface area contributed by atoms with Gasteiger partial charge in [0.1, 0.15) is 0 Å². The Labute approximate surface area is 56.4 Å². The van der Waals surface area contributed by atoms with E-state index in [1.165, 1.54) is 12.8 Å². The van der Waals surface area contributed by atoms with Crippen LogP contribution in [0.4, 0.5) is 0 Å². The van der Waals surface area contributed by atoms with Crippen molar-refractivity contribution in [2.24, 2.45) is 5.92 Å². The smallest absolute Gasteiger partial charge is 0.0571 e. The first kappa shape index (κ1) is 6.81. The zero-order valence-corrected chi connectivity index (χ0v) is 5.71. The summed E-state index contributed by atoms with van der Waals surface area (Å²) in [5.41, 5.74) is 0. The quantitative estimate of drug-likeness (QED) is 0.558. The van der Waals surface area contributed by atoms with Crippen LogP contribution in [-0.2, 0) is 0 Å². The molecule has 0 spiro atoms. The Morgan fingerprint density at radius 1 is 1.56 bits per heavy atom. The number of aliphatic hydroxyl groups excluding tert-OH is 1. The summed E-state index contributed by atoms with van der Waals surface area (Å²) in [6.45, 7) is 3.65. The second-order valence-corrected chi connectivity index (χ2v) is 2.78. The third-order valence-electron chi connectivity index (χ3n) is 2.09. The zero-order chi connectivity index (χ0) is 6.69. The van der Waals surface area contributed by atoms with Crippen LogP contribution in [0, 0.1) is 5.92 Å². The average Bonchev–Trinajstić information content (AvgIpc) is 2.18. The van der Waals surface area contributed by atoms with Crippen molar-refractivity contribution in [3.8, 4) is 0 Å². The molecular weight excluding hydrogens is 112 g/mol. The van der Waals surface area contributed by atoms with Crippen molar-refractivity contribution in [2.75, 3.05) is 0 Å². The average molecular weight is 126 g/mol. The summed E-state index contributed by atoms with van der Waals surface area (Å²) in [6, 6.07) is 0. The van der Waals surface area contributed by atoms with Crippen molar-refractivity contribution in [1.82, 2.24) is 0 Å². The predicted molar refractivity (Wildman–Crippen MR) is 38.2 cm³/mol. The van der Waals surface area contributed by atoms with E-state index in [0.717, 1.165) is 12.8 Å². The normalized spacial score (nSPS) is 34.8. The summed E-state index contributed by atoms with van der Waals surface area (Å²) < 4.78 is 0. The molecule has 1 fully saturated rings. The van der Waals surface area contributed by atoms with Gasteiger partial charge in [0.05, 0.1) is 6.10 Å². The molecule has 0 unspecified atom stereocenters. The van der Waals surface area contributed by atoms with Crippen molar-refractivity contribution in [2.45, 2.75) is 31.8 Å². The Kier molecular flexibility index (Phi) is 2.29. The highest BCUT2D eigenvalue weighted by atomic mass is 16.3. The molecule has 1 nitrogen and oxygen atoms in total. The Morgan fingerprint density at radius 2 is 2.33 bits per heavy atom. The second-order valence-electron chi connectivity index (χ2n) is 2.78. The van der Waals surface area contributed by atoms with Gasteiger partial charge in [-0.3, -0.25) is 0 Å². The molecule has 0 amide bonds. The van der Waals surface area contributed by atoms with Crippen LogP contribution in [0.5, 0.6) is 0 Å². The first-order valence-corrected chi connectivity index (χ1v) is 3.63. The van der Waals surface area contributed by atoms with Crippen LogP contribution in [0.25, 0.3) is 0 Å². The van der Waals surface area contributed by atoms with Gasteiger partial charge in [-0.2, -0.15) is 0 Å². The van der Waals surface area contributed by atoms with Gasteiger partial charge in [-0.1, -0.05) is 12.5 Å². The Hall–Kier alpha value is -0.300. The van der Waals surface area contributed by atoms with E-state index in [0.29, 0.717) is 5.92 Å². The first-order valence-electron chi connectivity index (χ1n) is 3.63. The van der Waals surface area contributed by atoms with Crippen LogP contribution in [0.15, 0.2) is 12.7 Å². The van der Waals surface area contributed by atoms with Crippen molar-refractivity contribution < 1.29 is 5.11 Å². The van der Waals surface area contributed by atoms with Gasteiger partial charge in [0, 0.05) is 0 Å². The molecule has 0 aromatic heterocycles. The molecule has 0 radical (unpaired) electrons. The summed E-state index contributed by atoms with van der Waals surface area (Å²) in [5.74, 6) is 0.516. The first-order chi connectivity index (χ1) is 4.34. The maximum atomic E-state index is 9.27. The SMILES string of the molecule is C=CC[C@@H]1CCC[C@@H]1O. The highest BCUT2D eigenvalue weighted by Crippen LogP contribution is 2.27. The van der Waals surface area contributed by atoms with Gasteiger partial charge in [0.2, 0.25) is 0 Å². The molecular formula is C8H14O. The van der Waals surface area contributed by atoms with Gasteiger partial charge in [-0.15, -0.1) is 6.58 Å². The van der Waals surface area contributed by atoms with Crippen molar-refractivity contribution in [1.29, 1.82) is 0 Å². The van der Waals surface area contributed by atoms with E-state index >= 15 is 0 Å². The third-order valence-corrected chi connectivity index (χ3v) is 2.09. The lowest BCUT2D eigenvalue weighted by Crippen LogP contribution is -2.11. The Balaban J connectivity index is 2.30. The van der Waals surface area contributed by atoms with Crippen molar-refractivity contribution in [3.63, 3.8) is 0 Å². The predicted octanol–water partition coefficient (Wildman–Crippen LogP) is 1.72. The van der Waals surface area contributed by atoms with E-state index in [1.54, 1.807) is 0 Å². The van der Waals surface area contributed by atoms with Crippen LogP contribution in [0.2, 0.25) is 0 Å². The fourth-order valence-corrected chi connectivity index (χ4v) is 1.51. The molecule has 2 atom stereocenters. The number of allylic oxidation sites excluding steroid dienone is 1. The molecule has 0 aromatic rings. The molecule has 0 saturated heterocycles. The third kappa shape index (κ3) is 1.55. The van der Waals surface area contributed by atoms with E-state index in [-0.39, 0.29) is 6.10 Å². The lowest BCUT2D eigenvalue weighted by atomic mass is 10.0. The van der Waals surface area contributed by atoms with E-state index in [1.807, 2.05) is 6.08 Å². The molecule has 1 heteroatoms. The van der Waals surface area contributed by atoms with Crippen molar-refractivity contribution in [3.05, 3.63) is 12.7 Å². The van der Waals surface area contributed by atoms with E-state index < -0.39 is 0 Å². The van der Waals surface area contributed by atoms with Crippen LogP contribution < -0.4 is 0 Å². The highest BCUT2D eigenvalue weighted by Gasteiger charge is 2.23. The monoisotopic (exact) mass is 126 g/mol. The van der Waals surface area contributed by atoms with Gasteiger partial charge in [0.25, 0.3) is 0 Å². The van der Waals surface area contributed by atoms with Crippen LogP contribution in [0.3, 0.4) is 0 Å². The number of rotatable bonds is 2. The zero-order valence-electron chi connectivity index (χ0n) is 5.71. The Bertz CT molecular complexity index is 98.7. The van der Waals surface area contributed by atoms with Gasteiger partial charge in [-0.05, 0) is 25.2 Å². The molecule has 52 valence electrons. The minimum Gasteiger partial charge on any atom is -0.393 e. The van der Waals surface area contributed by atoms with Gasteiger partial charge >= 0.3 is 0 Å². The van der Waals surface area contributed by atoms with Crippen LogP contribution in [-0.4, -0.2) is 11.2 Å². The molecule has 9 heavy (non-hydrogen) atoms. The fourth-order valence-electron chi connectivity index (χ4n) is 1.51. The van der Waals surface area contributed by atoms with Crippen LogP contribution >= 0.6 is 0 Å².